The number of hydrogen-bond donors (Lipinski definition) is 3. The maximum Gasteiger partial charge on any atom is 0.306 e. The van der Waals surface area contributed by atoms with Crippen LogP contribution in [0.3, 0.4) is 0 Å². The lowest BCUT2D eigenvalue weighted by Gasteiger charge is -2.60. The SMILES string of the molecule is C=C(CCC(C(=O)O)C1C(O)CC2(C)C3C(=O)C=C4C(C)(CCC(O)C4(C)C)C3=CCC12C)C(C)C. The first-order chi connectivity index (χ1) is 16.5. The van der Waals surface area contributed by atoms with Gasteiger partial charge in [0.25, 0.3) is 0 Å². The van der Waals surface area contributed by atoms with E-state index in [4.69, 9.17) is 0 Å². The minimum absolute atomic E-state index is 0.0391. The molecule has 200 valence electrons. The van der Waals surface area contributed by atoms with Crippen molar-refractivity contribution in [3.8, 4) is 0 Å². The fourth-order valence-corrected chi connectivity index (χ4v) is 8.69. The summed E-state index contributed by atoms with van der Waals surface area (Å²) in [5, 5.41) is 32.5. The largest absolute Gasteiger partial charge is 0.481 e. The second kappa shape index (κ2) is 8.66. The molecule has 0 aromatic heterocycles. The lowest BCUT2D eigenvalue weighted by molar-refractivity contribution is -0.149. The monoisotopic (exact) mass is 498 g/mol. The molecule has 0 amide bonds. The first kappa shape index (κ1) is 27.3. The normalized spacial score (nSPS) is 42.1. The van der Waals surface area contributed by atoms with Crippen molar-refractivity contribution in [3.63, 3.8) is 0 Å². The summed E-state index contributed by atoms with van der Waals surface area (Å²) < 4.78 is 0. The Morgan fingerprint density at radius 1 is 1.14 bits per heavy atom. The molecular formula is C31H46O5. The number of allylic oxidation sites excluding steroid dienone is 4. The van der Waals surface area contributed by atoms with Crippen LogP contribution in [-0.2, 0) is 9.59 Å². The van der Waals surface area contributed by atoms with Crippen LogP contribution in [-0.4, -0.2) is 39.3 Å². The second-order valence-electron chi connectivity index (χ2n) is 13.8. The van der Waals surface area contributed by atoms with Crippen molar-refractivity contribution in [2.24, 2.45) is 45.3 Å². The Bertz CT molecular complexity index is 1030. The summed E-state index contributed by atoms with van der Waals surface area (Å²) in [6, 6.07) is 0. The number of aliphatic carboxylic acids is 1. The number of aliphatic hydroxyl groups is 2. The zero-order valence-electron chi connectivity index (χ0n) is 23.2. The molecule has 4 rings (SSSR count). The van der Waals surface area contributed by atoms with Crippen molar-refractivity contribution in [1.29, 1.82) is 0 Å². The minimum Gasteiger partial charge on any atom is -0.481 e. The van der Waals surface area contributed by atoms with Crippen LogP contribution < -0.4 is 0 Å². The van der Waals surface area contributed by atoms with Gasteiger partial charge in [-0.25, -0.2) is 0 Å². The Morgan fingerprint density at radius 3 is 2.36 bits per heavy atom. The van der Waals surface area contributed by atoms with Gasteiger partial charge in [-0.2, -0.15) is 0 Å². The fourth-order valence-electron chi connectivity index (χ4n) is 8.69. The molecule has 2 fully saturated rings. The molecule has 8 unspecified atom stereocenters. The summed E-state index contributed by atoms with van der Waals surface area (Å²) in [4.78, 5) is 26.5. The quantitative estimate of drug-likeness (QED) is 0.408. The predicted molar refractivity (Wildman–Crippen MR) is 141 cm³/mol. The van der Waals surface area contributed by atoms with Crippen LogP contribution in [0.2, 0.25) is 0 Å². The van der Waals surface area contributed by atoms with Crippen molar-refractivity contribution < 1.29 is 24.9 Å². The average molecular weight is 499 g/mol. The molecule has 8 atom stereocenters. The third kappa shape index (κ3) is 3.63. The molecule has 0 radical (unpaired) electrons. The Labute approximate surface area is 216 Å². The maximum absolute atomic E-state index is 13.9. The van der Waals surface area contributed by atoms with Gasteiger partial charge in [0.05, 0.1) is 18.1 Å². The maximum atomic E-state index is 13.9. The molecule has 5 heteroatoms. The summed E-state index contributed by atoms with van der Waals surface area (Å²) in [6.45, 7) is 18.8. The molecule has 0 heterocycles. The van der Waals surface area contributed by atoms with Gasteiger partial charge in [0.2, 0.25) is 0 Å². The van der Waals surface area contributed by atoms with Crippen LogP contribution in [0.1, 0.15) is 87.0 Å². The van der Waals surface area contributed by atoms with Crippen LogP contribution >= 0.6 is 0 Å². The van der Waals surface area contributed by atoms with E-state index >= 15 is 0 Å². The molecule has 0 saturated heterocycles. The number of carboxylic acid groups (broad SMARTS) is 1. The van der Waals surface area contributed by atoms with E-state index in [1.165, 1.54) is 0 Å². The summed E-state index contributed by atoms with van der Waals surface area (Å²) in [5.74, 6) is -2.06. The molecule has 2 saturated carbocycles. The molecule has 0 aliphatic heterocycles. The average Bonchev–Trinajstić information content (AvgIpc) is 2.98. The Hall–Kier alpha value is -1.72. The topological polar surface area (TPSA) is 94.8 Å². The van der Waals surface area contributed by atoms with E-state index in [-0.39, 0.29) is 23.0 Å². The van der Waals surface area contributed by atoms with Crippen molar-refractivity contribution in [2.75, 3.05) is 0 Å². The Kier molecular flexibility index (Phi) is 6.57. The fraction of sp³-hybridized carbons (Fsp3) is 0.742. The summed E-state index contributed by atoms with van der Waals surface area (Å²) >= 11 is 0. The first-order valence-electron chi connectivity index (χ1n) is 13.8. The van der Waals surface area contributed by atoms with Crippen LogP contribution in [0.4, 0.5) is 0 Å². The Balaban J connectivity index is 1.77. The molecular weight excluding hydrogens is 452 g/mol. The van der Waals surface area contributed by atoms with Gasteiger partial charge in [-0.3, -0.25) is 9.59 Å². The molecule has 4 aliphatic rings. The van der Waals surface area contributed by atoms with Crippen molar-refractivity contribution >= 4 is 11.8 Å². The zero-order chi connectivity index (χ0) is 27.0. The molecule has 0 spiro atoms. The van der Waals surface area contributed by atoms with E-state index in [0.29, 0.717) is 32.1 Å². The van der Waals surface area contributed by atoms with Gasteiger partial charge in [0, 0.05) is 22.7 Å². The van der Waals surface area contributed by atoms with Gasteiger partial charge >= 0.3 is 5.97 Å². The highest BCUT2D eigenvalue weighted by Crippen LogP contribution is 2.71. The number of carbonyl (C=O) groups excluding carboxylic acids is 1. The molecule has 36 heavy (non-hydrogen) atoms. The van der Waals surface area contributed by atoms with Crippen molar-refractivity contribution in [1.82, 2.24) is 0 Å². The number of ketones is 1. The van der Waals surface area contributed by atoms with Gasteiger partial charge < -0.3 is 15.3 Å². The summed E-state index contributed by atoms with van der Waals surface area (Å²) in [5.41, 5.74) is 1.30. The van der Waals surface area contributed by atoms with Crippen LogP contribution in [0.5, 0.6) is 0 Å². The zero-order valence-corrected chi connectivity index (χ0v) is 23.2. The molecule has 4 aliphatic carbocycles. The van der Waals surface area contributed by atoms with Gasteiger partial charge in [-0.15, -0.1) is 0 Å². The van der Waals surface area contributed by atoms with Crippen LogP contribution in [0.15, 0.2) is 35.5 Å². The highest BCUT2D eigenvalue weighted by atomic mass is 16.4. The highest BCUT2D eigenvalue weighted by molar-refractivity contribution is 5.98. The third-order valence-corrected chi connectivity index (χ3v) is 11.4. The predicted octanol–water partition coefficient (Wildman–Crippen LogP) is 5.72. The minimum atomic E-state index is -0.872. The summed E-state index contributed by atoms with van der Waals surface area (Å²) in [7, 11) is 0. The lowest BCUT2D eigenvalue weighted by Crippen LogP contribution is -2.56. The molecule has 0 aromatic rings. The van der Waals surface area contributed by atoms with Crippen LogP contribution in [0.25, 0.3) is 0 Å². The number of fused-ring (bicyclic) bond motifs is 5. The third-order valence-electron chi connectivity index (χ3n) is 11.4. The van der Waals surface area contributed by atoms with Crippen molar-refractivity contribution in [2.45, 2.75) is 99.2 Å². The van der Waals surface area contributed by atoms with E-state index in [9.17, 15) is 24.9 Å². The standard InChI is InChI=1S/C31H46O5/c1-17(2)18(3)9-10-19(27(35)36)25-22(33)16-31(8)26-20(11-14-30(25,31)7)29(6)13-12-24(34)28(4,5)23(29)15-21(26)32/h11,15,17,19,22,24-26,33-34H,3,9-10,12-14,16H2,1-2,4-8H3,(H,35,36). The number of hydrogen-bond acceptors (Lipinski definition) is 4. The number of carbonyl (C=O) groups is 2. The van der Waals surface area contributed by atoms with Crippen molar-refractivity contribution in [3.05, 3.63) is 35.5 Å². The highest BCUT2D eigenvalue weighted by Gasteiger charge is 2.69. The van der Waals surface area contributed by atoms with E-state index < -0.39 is 46.3 Å². The number of rotatable bonds is 6. The lowest BCUT2D eigenvalue weighted by atomic mass is 9.43. The first-order valence-corrected chi connectivity index (χ1v) is 13.8. The Morgan fingerprint density at radius 2 is 1.78 bits per heavy atom. The van der Waals surface area contributed by atoms with Gasteiger partial charge in [-0.05, 0) is 66.9 Å². The molecule has 0 aromatic carbocycles. The van der Waals surface area contributed by atoms with E-state index in [2.05, 4.69) is 47.3 Å². The smallest absolute Gasteiger partial charge is 0.306 e. The van der Waals surface area contributed by atoms with Gasteiger partial charge in [-0.1, -0.05) is 72.3 Å². The molecule has 3 N–H and O–H groups in total. The second-order valence-corrected chi connectivity index (χ2v) is 13.8. The van der Waals surface area contributed by atoms with Gasteiger partial charge in [0.1, 0.15) is 0 Å². The number of carboxylic acids is 1. The molecule has 0 bridgehead atoms. The number of aliphatic hydroxyl groups excluding tert-OH is 2. The van der Waals surface area contributed by atoms with E-state index in [1.54, 1.807) is 6.08 Å². The van der Waals surface area contributed by atoms with Crippen LogP contribution in [0, 0.1) is 45.3 Å². The van der Waals surface area contributed by atoms with E-state index in [0.717, 1.165) is 23.1 Å². The van der Waals surface area contributed by atoms with E-state index in [1.807, 2.05) is 13.8 Å². The summed E-state index contributed by atoms with van der Waals surface area (Å²) in [6.07, 6.45) is 6.33. The van der Waals surface area contributed by atoms with Gasteiger partial charge in [0.15, 0.2) is 5.78 Å². The molecule has 5 nitrogen and oxygen atoms in total.